The van der Waals surface area contributed by atoms with Gasteiger partial charge in [-0.25, -0.2) is 8.42 Å². The summed E-state index contributed by atoms with van der Waals surface area (Å²) in [5.41, 5.74) is 1.58. The molecule has 8 heteroatoms. The van der Waals surface area contributed by atoms with Gasteiger partial charge in [0.15, 0.2) is 0 Å². The summed E-state index contributed by atoms with van der Waals surface area (Å²) in [6, 6.07) is 13.2. The predicted octanol–water partition coefficient (Wildman–Crippen LogP) is 3.06. The van der Waals surface area contributed by atoms with Crippen LogP contribution in [0.25, 0.3) is 0 Å². The van der Waals surface area contributed by atoms with Crippen LogP contribution in [0.1, 0.15) is 6.92 Å². The molecule has 0 saturated heterocycles. The zero-order chi connectivity index (χ0) is 19.3. The topological polar surface area (TPSA) is 69.7 Å². The van der Waals surface area contributed by atoms with Gasteiger partial charge in [0.2, 0.25) is 15.9 Å². The van der Waals surface area contributed by atoms with Gasteiger partial charge in [0.1, 0.15) is 0 Å². The minimum Gasteiger partial charge on any atom is -0.375 e. The Morgan fingerprint density at radius 3 is 2.38 bits per heavy atom. The molecule has 0 radical (unpaired) electrons. The monoisotopic (exact) mass is 395 g/mol. The molecule has 6 nitrogen and oxygen atoms in total. The molecule has 0 aromatic heterocycles. The average molecular weight is 396 g/mol. The molecular formula is C18H22ClN3O3S. The van der Waals surface area contributed by atoms with Crippen LogP contribution in [-0.4, -0.2) is 45.8 Å². The van der Waals surface area contributed by atoms with Gasteiger partial charge >= 0.3 is 0 Å². The normalized spacial score (nSPS) is 11.4. The number of carbonyl (C=O) groups is 1. The van der Waals surface area contributed by atoms with Crippen LogP contribution < -0.4 is 10.2 Å². The van der Waals surface area contributed by atoms with Gasteiger partial charge < -0.3 is 10.2 Å². The van der Waals surface area contributed by atoms with Crippen molar-refractivity contribution in [2.24, 2.45) is 0 Å². The predicted molar refractivity (Wildman–Crippen MR) is 105 cm³/mol. The van der Waals surface area contributed by atoms with E-state index in [1.165, 1.54) is 31.3 Å². The highest BCUT2D eigenvalue weighted by atomic mass is 35.5. The van der Waals surface area contributed by atoms with Gasteiger partial charge in [0, 0.05) is 37.0 Å². The van der Waals surface area contributed by atoms with E-state index in [1.54, 1.807) is 6.07 Å². The largest absolute Gasteiger partial charge is 0.375 e. The highest BCUT2D eigenvalue weighted by molar-refractivity contribution is 7.89. The number of rotatable bonds is 7. The Hall–Kier alpha value is -2.09. The third-order valence-electron chi connectivity index (χ3n) is 3.93. The van der Waals surface area contributed by atoms with Crippen LogP contribution in [0, 0.1) is 0 Å². The molecule has 140 valence electrons. The van der Waals surface area contributed by atoms with Crippen molar-refractivity contribution in [3.8, 4) is 0 Å². The van der Waals surface area contributed by atoms with E-state index >= 15 is 0 Å². The Bertz CT molecular complexity index is 870. The number of likely N-dealkylation sites (N-methyl/N-ethyl adjacent to an activating group) is 1. The molecule has 0 fully saturated rings. The van der Waals surface area contributed by atoms with E-state index in [0.717, 1.165) is 16.5 Å². The smallest absolute Gasteiger partial charge is 0.243 e. The fourth-order valence-electron chi connectivity index (χ4n) is 2.28. The minimum atomic E-state index is -3.76. The number of sulfonamides is 1. The van der Waals surface area contributed by atoms with Crippen molar-refractivity contribution in [3.05, 3.63) is 53.6 Å². The number of halogens is 1. The number of hydrogen-bond acceptors (Lipinski definition) is 4. The SMILES string of the molecule is CCN(C)c1cccc(NC(=O)CN(C)S(=O)(=O)c2ccc(Cl)cc2)c1. The highest BCUT2D eigenvalue weighted by Crippen LogP contribution is 2.19. The van der Waals surface area contributed by atoms with E-state index in [-0.39, 0.29) is 11.4 Å². The molecule has 0 unspecified atom stereocenters. The Labute approximate surface area is 159 Å². The van der Waals surface area contributed by atoms with E-state index < -0.39 is 15.9 Å². The van der Waals surface area contributed by atoms with Crippen LogP contribution >= 0.6 is 11.6 Å². The maximum Gasteiger partial charge on any atom is 0.243 e. The first-order valence-electron chi connectivity index (χ1n) is 8.07. The second kappa shape index (κ2) is 8.53. The van der Waals surface area contributed by atoms with Crippen molar-refractivity contribution >= 4 is 38.9 Å². The average Bonchev–Trinajstić information content (AvgIpc) is 2.61. The van der Waals surface area contributed by atoms with E-state index in [9.17, 15) is 13.2 Å². The number of anilines is 2. The van der Waals surface area contributed by atoms with Crippen molar-refractivity contribution < 1.29 is 13.2 Å². The van der Waals surface area contributed by atoms with E-state index in [4.69, 9.17) is 11.6 Å². The summed E-state index contributed by atoms with van der Waals surface area (Å²) < 4.78 is 26.0. The standard InChI is InChI=1S/C18H22ClN3O3S/c1-4-21(2)16-7-5-6-15(12-16)20-18(23)13-22(3)26(24,25)17-10-8-14(19)9-11-17/h5-12H,4,13H2,1-3H3,(H,20,23). The van der Waals surface area contributed by atoms with Crippen LogP contribution in [0.15, 0.2) is 53.4 Å². The fourth-order valence-corrected chi connectivity index (χ4v) is 3.53. The Morgan fingerprint density at radius 2 is 1.77 bits per heavy atom. The summed E-state index contributed by atoms with van der Waals surface area (Å²) in [5.74, 6) is -0.415. The van der Waals surface area contributed by atoms with Gasteiger partial charge in [-0.3, -0.25) is 4.79 Å². The second-order valence-corrected chi connectivity index (χ2v) is 8.31. The molecule has 2 aromatic rings. The molecule has 0 aliphatic carbocycles. The van der Waals surface area contributed by atoms with Crippen molar-refractivity contribution in [2.45, 2.75) is 11.8 Å². The number of nitrogens with one attached hydrogen (secondary N) is 1. The van der Waals surface area contributed by atoms with Crippen LogP contribution in [-0.2, 0) is 14.8 Å². The molecule has 2 aromatic carbocycles. The quantitative estimate of drug-likeness (QED) is 0.782. The first-order valence-corrected chi connectivity index (χ1v) is 9.89. The van der Waals surface area contributed by atoms with Crippen LogP contribution in [0.3, 0.4) is 0 Å². The van der Waals surface area contributed by atoms with E-state index in [1.807, 2.05) is 37.1 Å². The van der Waals surface area contributed by atoms with Crippen molar-refractivity contribution in [1.82, 2.24) is 4.31 Å². The summed E-state index contributed by atoms with van der Waals surface area (Å²) in [5, 5.41) is 3.18. The lowest BCUT2D eigenvalue weighted by atomic mass is 10.2. The number of amides is 1. The van der Waals surface area contributed by atoms with Gasteiger partial charge in [-0.15, -0.1) is 0 Å². The third-order valence-corrected chi connectivity index (χ3v) is 6.00. The molecule has 0 aliphatic heterocycles. The lowest BCUT2D eigenvalue weighted by Crippen LogP contribution is -2.35. The van der Waals surface area contributed by atoms with Crippen LogP contribution in [0.4, 0.5) is 11.4 Å². The molecule has 0 aliphatic rings. The fraction of sp³-hybridized carbons (Fsp3) is 0.278. The molecule has 0 saturated carbocycles. The summed E-state index contributed by atoms with van der Waals surface area (Å²) in [7, 11) is -0.445. The molecule has 1 amide bonds. The first kappa shape index (κ1) is 20.2. The molecule has 1 N–H and O–H groups in total. The molecule has 0 bridgehead atoms. The first-order chi connectivity index (χ1) is 12.2. The number of hydrogen-bond donors (Lipinski definition) is 1. The van der Waals surface area contributed by atoms with Crippen molar-refractivity contribution in [1.29, 1.82) is 0 Å². The van der Waals surface area contributed by atoms with E-state index in [0.29, 0.717) is 10.7 Å². The van der Waals surface area contributed by atoms with E-state index in [2.05, 4.69) is 5.32 Å². The third kappa shape index (κ3) is 4.97. The van der Waals surface area contributed by atoms with Gasteiger partial charge in [-0.05, 0) is 49.4 Å². The lowest BCUT2D eigenvalue weighted by Gasteiger charge is -2.19. The van der Waals surface area contributed by atoms with Gasteiger partial charge in [-0.2, -0.15) is 4.31 Å². The maximum absolute atomic E-state index is 12.5. The summed E-state index contributed by atoms with van der Waals surface area (Å²) in [6.07, 6.45) is 0. The maximum atomic E-state index is 12.5. The number of benzene rings is 2. The minimum absolute atomic E-state index is 0.0868. The summed E-state index contributed by atoms with van der Waals surface area (Å²) in [4.78, 5) is 14.4. The molecular weight excluding hydrogens is 374 g/mol. The van der Waals surface area contributed by atoms with Crippen molar-refractivity contribution in [3.63, 3.8) is 0 Å². The summed E-state index contributed by atoms with van der Waals surface area (Å²) in [6.45, 7) is 2.57. The van der Waals surface area contributed by atoms with Crippen LogP contribution in [0.2, 0.25) is 5.02 Å². The van der Waals surface area contributed by atoms with Gasteiger partial charge in [0.05, 0.1) is 11.4 Å². The molecule has 0 heterocycles. The summed E-state index contributed by atoms with van der Waals surface area (Å²) >= 11 is 5.79. The molecule has 2 rings (SSSR count). The van der Waals surface area contributed by atoms with Gasteiger partial charge in [-0.1, -0.05) is 17.7 Å². The van der Waals surface area contributed by atoms with Crippen LogP contribution in [0.5, 0.6) is 0 Å². The Morgan fingerprint density at radius 1 is 1.12 bits per heavy atom. The number of nitrogens with zero attached hydrogens (tertiary/aromatic N) is 2. The van der Waals surface area contributed by atoms with Crippen molar-refractivity contribution in [2.75, 3.05) is 37.4 Å². The lowest BCUT2D eigenvalue weighted by molar-refractivity contribution is -0.116. The Balaban J connectivity index is 2.06. The molecule has 0 atom stereocenters. The second-order valence-electron chi connectivity index (χ2n) is 5.83. The van der Waals surface area contributed by atoms with Gasteiger partial charge in [0.25, 0.3) is 0 Å². The molecule has 26 heavy (non-hydrogen) atoms. The zero-order valence-corrected chi connectivity index (χ0v) is 16.5. The number of carbonyl (C=O) groups excluding carboxylic acids is 1. The molecule has 0 spiro atoms. The Kier molecular flexibility index (Phi) is 6.63. The zero-order valence-electron chi connectivity index (χ0n) is 14.9. The highest BCUT2D eigenvalue weighted by Gasteiger charge is 2.23.